The Kier molecular flexibility index (Phi) is 6.32. The van der Waals surface area contributed by atoms with Crippen molar-refractivity contribution in [2.75, 3.05) is 33.7 Å². The summed E-state index contributed by atoms with van der Waals surface area (Å²) >= 11 is 0. The Hall–Kier alpha value is -0.770. The second-order valence-electron chi connectivity index (χ2n) is 3.36. The summed E-state index contributed by atoms with van der Waals surface area (Å²) in [6.07, 6.45) is 0. The second-order valence-corrected chi connectivity index (χ2v) is 3.36. The summed E-state index contributed by atoms with van der Waals surface area (Å²) in [6, 6.07) is 0.00505. The molecular formula is C9H21N3O. The lowest BCUT2D eigenvalue weighted by molar-refractivity contribution is 0.209. The van der Waals surface area contributed by atoms with Gasteiger partial charge in [-0.2, -0.15) is 0 Å². The highest BCUT2D eigenvalue weighted by Crippen LogP contribution is 1.90. The van der Waals surface area contributed by atoms with Crippen LogP contribution in [0.3, 0.4) is 0 Å². The first-order valence-corrected chi connectivity index (χ1v) is 4.75. The van der Waals surface area contributed by atoms with Gasteiger partial charge in [0.05, 0.1) is 0 Å². The molecule has 0 bridgehead atoms. The Labute approximate surface area is 80.7 Å². The molecule has 1 atom stereocenters. The van der Waals surface area contributed by atoms with Crippen LogP contribution in [0.4, 0.5) is 4.79 Å². The van der Waals surface area contributed by atoms with Crippen LogP contribution in [0.1, 0.15) is 13.8 Å². The van der Waals surface area contributed by atoms with E-state index in [1.54, 1.807) is 11.9 Å². The molecule has 0 radical (unpaired) electrons. The molecule has 0 heterocycles. The van der Waals surface area contributed by atoms with E-state index < -0.39 is 0 Å². The fourth-order valence-electron chi connectivity index (χ4n) is 0.961. The quantitative estimate of drug-likeness (QED) is 0.658. The zero-order valence-electron chi connectivity index (χ0n) is 9.05. The van der Waals surface area contributed by atoms with Crippen molar-refractivity contribution in [2.45, 2.75) is 13.8 Å². The molecule has 0 aromatic carbocycles. The number of carbonyl (C=O) groups excluding carboxylic acids is 1. The van der Waals surface area contributed by atoms with E-state index in [4.69, 9.17) is 0 Å². The van der Waals surface area contributed by atoms with Crippen molar-refractivity contribution in [3.63, 3.8) is 0 Å². The number of rotatable bonds is 5. The number of carbonyl (C=O) groups is 1. The smallest absolute Gasteiger partial charge is 0.317 e. The molecule has 0 aromatic rings. The maximum absolute atomic E-state index is 11.3. The molecule has 4 heteroatoms. The minimum Gasteiger partial charge on any atom is -0.338 e. The fraction of sp³-hybridized carbons (Fsp3) is 0.889. The molecule has 0 aliphatic carbocycles. The zero-order valence-corrected chi connectivity index (χ0v) is 9.05. The normalized spacial score (nSPS) is 12.3. The first-order valence-electron chi connectivity index (χ1n) is 4.75. The van der Waals surface area contributed by atoms with Gasteiger partial charge in [0.1, 0.15) is 0 Å². The van der Waals surface area contributed by atoms with Crippen LogP contribution in [-0.4, -0.2) is 44.7 Å². The second kappa shape index (κ2) is 6.71. The minimum absolute atomic E-state index is 0.00505. The molecule has 0 saturated heterocycles. The predicted molar refractivity (Wildman–Crippen MR) is 54.8 cm³/mol. The van der Waals surface area contributed by atoms with Gasteiger partial charge in [0.25, 0.3) is 0 Å². The summed E-state index contributed by atoms with van der Waals surface area (Å²) < 4.78 is 0. The van der Waals surface area contributed by atoms with Gasteiger partial charge < -0.3 is 15.5 Å². The highest BCUT2D eigenvalue weighted by atomic mass is 16.2. The standard InChI is InChI=1S/C9H21N3O/c1-5-12(4)9(13)11-7-8(2)6-10-3/h8,10H,5-7H2,1-4H3,(H,11,13). The Morgan fingerprint density at radius 1 is 1.46 bits per heavy atom. The van der Waals surface area contributed by atoms with Crippen LogP contribution in [0.25, 0.3) is 0 Å². The van der Waals surface area contributed by atoms with Crippen LogP contribution in [0.5, 0.6) is 0 Å². The molecular weight excluding hydrogens is 166 g/mol. The first kappa shape index (κ1) is 12.2. The van der Waals surface area contributed by atoms with E-state index in [2.05, 4.69) is 17.6 Å². The van der Waals surface area contributed by atoms with Crippen LogP contribution < -0.4 is 10.6 Å². The number of nitrogens with one attached hydrogen (secondary N) is 2. The van der Waals surface area contributed by atoms with Gasteiger partial charge in [-0.1, -0.05) is 6.92 Å². The maximum Gasteiger partial charge on any atom is 0.317 e. The van der Waals surface area contributed by atoms with E-state index >= 15 is 0 Å². The molecule has 2 amide bonds. The molecule has 4 nitrogen and oxygen atoms in total. The summed E-state index contributed by atoms with van der Waals surface area (Å²) in [5.41, 5.74) is 0. The summed E-state index contributed by atoms with van der Waals surface area (Å²) in [5, 5.41) is 5.93. The third kappa shape index (κ3) is 5.47. The molecule has 0 aromatic heterocycles. The van der Waals surface area contributed by atoms with E-state index in [0.717, 1.165) is 19.6 Å². The van der Waals surface area contributed by atoms with Gasteiger partial charge in [-0.3, -0.25) is 0 Å². The Balaban J connectivity index is 3.57. The summed E-state index contributed by atoms with van der Waals surface area (Å²) in [4.78, 5) is 12.9. The first-order chi connectivity index (χ1) is 6.11. The Bertz CT molecular complexity index is 150. The molecule has 2 N–H and O–H groups in total. The molecule has 1 unspecified atom stereocenters. The van der Waals surface area contributed by atoms with Gasteiger partial charge in [-0.25, -0.2) is 4.79 Å². The van der Waals surface area contributed by atoms with Crippen molar-refractivity contribution in [3.8, 4) is 0 Å². The van der Waals surface area contributed by atoms with Crippen LogP contribution >= 0.6 is 0 Å². The monoisotopic (exact) mass is 187 g/mol. The number of hydrogen-bond donors (Lipinski definition) is 2. The zero-order chi connectivity index (χ0) is 10.3. The van der Waals surface area contributed by atoms with E-state index in [-0.39, 0.29) is 6.03 Å². The van der Waals surface area contributed by atoms with Gasteiger partial charge in [0.15, 0.2) is 0 Å². The third-order valence-corrected chi connectivity index (χ3v) is 1.98. The molecule has 0 saturated carbocycles. The van der Waals surface area contributed by atoms with Gasteiger partial charge >= 0.3 is 6.03 Å². The number of hydrogen-bond acceptors (Lipinski definition) is 2. The van der Waals surface area contributed by atoms with Crippen molar-refractivity contribution >= 4 is 6.03 Å². The van der Waals surface area contributed by atoms with Crippen LogP contribution in [0.15, 0.2) is 0 Å². The molecule has 0 fully saturated rings. The predicted octanol–water partition coefficient (Wildman–Crippen LogP) is 0.503. The van der Waals surface area contributed by atoms with Crippen molar-refractivity contribution < 1.29 is 4.79 Å². The third-order valence-electron chi connectivity index (χ3n) is 1.98. The lowest BCUT2D eigenvalue weighted by Gasteiger charge is -2.17. The number of amides is 2. The number of nitrogens with zero attached hydrogens (tertiary/aromatic N) is 1. The SMILES string of the molecule is CCN(C)C(=O)NCC(C)CNC. The van der Waals surface area contributed by atoms with Gasteiger partial charge in [0.2, 0.25) is 0 Å². The molecule has 0 aliphatic heterocycles. The molecule has 0 spiro atoms. The average molecular weight is 187 g/mol. The molecule has 13 heavy (non-hydrogen) atoms. The van der Waals surface area contributed by atoms with Crippen molar-refractivity contribution in [1.29, 1.82) is 0 Å². The molecule has 0 rings (SSSR count). The molecule has 78 valence electrons. The van der Waals surface area contributed by atoms with Crippen LogP contribution in [-0.2, 0) is 0 Å². The highest BCUT2D eigenvalue weighted by molar-refractivity contribution is 5.73. The van der Waals surface area contributed by atoms with E-state index in [1.165, 1.54) is 0 Å². The highest BCUT2D eigenvalue weighted by Gasteiger charge is 2.06. The van der Waals surface area contributed by atoms with Gasteiger partial charge in [0, 0.05) is 20.1 Å². The lowest BCUT2D eigenvalue weighted by atomic mass is 10.2. The van der Waals surface area contributed by atoms with Gasteiger partial charge in [-0.05, 0) is 26.4 Å². The van der Waals surface area contributed by atoms with Gasteiger partial charge in [-0.15, -0.1) is 0 Å². The Morgan fingerprint density at radius 3 is 2.54 bits per heavy atom. The molecule has 0 aliphatic rings. The summed E-state index contributed by atoms with van der Waals surface area (Å²) in [7, 11) is 3.70. The van der Waals surface area contributed by atoms with E-state index in [9.17, 15) is 4.79 Å². The Morgan fingerprint density at radius 2 is 2.08 bits per heavy atom. The van der Waals surface area contributed by atoms with Crippen molar-refractivity contribution in [3.05, 3.63) is 0 Å². The number of urea groups is 1. The summed E-state index contributed by atoms with van der Waals surface area (Å²) in [5.74, 6) is 0.471. The van der Waals surface area contributed by atoms with Crippen molar-refractivity contribution in [1.82, 2.24) is 15.5 Å². The van der Waals surface area contributed by atoms with Crippen molar-refractivity contribution in [2.24, 2.45) is 5.92 Å². The summed E-state index contributed by atoms with van der Waals surface area (Å²) in [6.45, 7) is 6.45. The fourth-order valence-corrected chi connectivity index (χ4v) is 0.961. The van der Waals surface area contributed by atoms with Crippen LogP contribution in [0.2, 0.25) is 0 Å². The lowest BCUT2D eigenvalue weighted by Crippen LogP contribution is -2.40. The average Bonchev–Trinajstić information content (AvgIpc) is 2.13. The largest absolute Gasteiger partial charge is 0.338 e. The van der Waals surface area contributed by atoms with E-state index in [0.29, 0.717) is 5.92 Å². The van der Waals surface area contributed by atoms with Crippen LogP contribution in [0, 0.1) is 5.92 Å². The maximum atomic E-state index is 11.3. The minimum atomic E-state index is 0.00505. The van der Waals surface area contributed by atoms with E-state index in [1.807, 2.05) is 14.0 Å². The topological polar surface area (TPSA) is 44.4 Å².